The summed E-state index contributed by atoms with van der Waals surface area (Å²) in [4.78, 5) is 12.6. The number of amides is 1. The van der Waals surface area contributed by atoms with Gasteiger partial charge in [0.2, 0.25) is 0 Å². The van der Waals surface area contributed by atoms with Gasteiger partial charge in [0.1, 0.15) is 17.1 Å². The Morgan fingerprint density at radius 3 is 2.64 bits per heavy atom. The van der Waals surface area contributed by atoms with Crippen LogP contribution in [0.5, 0.6) is 11.5 Å². The van der Waals surface area contributed by atoms with Crippen molar-refractivity contribution in [3.8, 4) is 11.5 Å². The number of para-hydroxylation sites is 1. The van der Waals surface area contributed by atoms with Crippen molar-refractivity contribution in [1.29, 1.82) is 0 Å². The van der Waals surface area contributed by atoms with E-state index in [1.165, 1.54) is 5.56 Å². The molecule has 3 rings (SSSR count). The van der Waals surface area contributed by atoms with E-state index in [1.54, 1.807) is 0 Å². The van der Waals surface area contributed by atoms with Crippen molar-refractivity contribution in [2.45, 2.75) is 58.1 Å². The summed E-state index contributed by atoms with van der Waals surface area (Å²) in [6.07, 6.45) is 3.52. The molecular weight excluding hydrogens is 418 g/mol. The first kappa shape index (κ1) is 20.7. The van der Waals surface area contributed by atoms with Crippen molar-refractivity contribution in [2.75, 3.05) is 6.61 Å². The molecule has 2 aromatic rings. The number of ether oxygens (including phenoxy) is 2. The zero-order valence-corrected chi connectivity index (χ0v) is 18.3. The van der Waals surface area contributed by atoms with Gasteiger partial charge in [0.05, 0.1) is 10.5 Å². The van der Waals surface area contributed by atoms with E-state index < -0.39 is 0 Å². The first-order valence-electron chi connectivity index (χ1n) is 9.98. The van der Waals surface area contributed by atoms with Gasteiger partial charge < -0.3 is 14.8 Å². The number of nitrogens with one attached hydrogen (secondary N) is 1. The molecule has 0 radical (unpaired) electrons. The van der Waals surface area contributed by atoms with E-state index in [0.717, 1.165) is 41.5 Å². The summed E-state index contributed by atoms with van der Waals surface area (Å²) in [7, 11) is 0. The molecule has 150 valence electrons. The van der Waals surface area contributed by atoms with Crippen molar-refractivity contribution >= 4 is 21.8 Å². The average Bonchev–Trinajstić information content (AvgIpc) is 2.72. The Morgan fingerprint density at radius 2 is 1.96 bits per heavy atom. The maximum Gasteiger partial charge on any atom is 0.258 e. The summed E-state index contributed by atoms with van der Waals surface area (Å²) in [6.45, 7) is 6.36. The van der Waals surface area contributed by atoms with Gasteiger partial charge in [0.25, 0.3) is 5.91 Å². The van der Waals surface area contributed by atoms with Crippen LogP contribution >= 0.6 is 15.9 Å². The van der Waals surface area contributed by atoms with Crippen LogP contribution in [-0.2, 0) is 11.2 Å². The number of aryl methyl sites for hydroxylation is 1. The number of halogens is 1. The van der Waals surface area contributed by atoms with Gasteiger partial charge in [-0.05, 0) is 59.0 Å². The molecule has 0 bridgehead atoms. The summed E-state index contributed by atoms with van der Waals surface area (Å²) in [6, 6.07) is 13.8. The van der Waals surface area contributed by atoms with Crippen molar-refractivity contribution in [3.05, 3.63) is 58.1 Å². The molecule has 1 amide bonds. The maximum absolute atomic E-state index is 12.6. The molecule has 0 fully saturated rings. The molecule has 1 N–H and O–H groups in total. The summed E-state index contributed by atoms with van der Waals surface area (Å²) in [5.41, 5.74) is 2.01. The Labute approximate surface area is 175 Å². The van der Waals surface area contributed by atoms with E-state index in [1.807, 2.05) is 42.5 Å². The standard InChI is InChI=1S/C23H28BrNO3/c1-4-16-11-12-21(18(24)13-16)27-15-22(26)25-19-14-23(5-2,6-3)28-20-10-8-7-9-17(19)20/h7-13,19H,4-6,14-15H2,1-3H3,(H,25,26)/t19-/m1/s1. The van der Waals surface area contributed by atoms with Crippen LogP contribution in [0.1, 0.15) is 57.2 Å². The van der Waals surface area contributed by atoms with Crippen LogP contribution in [0.3, 0.4) is 0 Å². The van der Waals surface area contributed by atoms with Crippen molar-refractivity contribution in [1.82, 2.24) is 5.32 Å². The Kier molecular flexibility index (Phi) is 6.65. The van der Waals surface area contributed by atoms with Crippen LogP contribution in [0.25, 0.3) is 0 Å². The second-order valence-electron chi connectivity index (χ2n) is 7.26. The average molecular weight is 446 g/mol. The summed E-state index contributed by atoms with van der Waals surface area (Å²) < 4.78 is 12.9. The maximum atomic E-state index is 12.6. The quantitative estimate of drug-likeness (QED) is 0.603. The first-order valence-corrected chi connectivity index (χ1v) is 10.8. The lowest BCUT2D eigenvalue weighted by molar-refractivity contribution is -0.124. The number of benzene rings is 2. The molecule has 0 aromatic heterocycles. The number of fused-ring (bicyclic) bond motifs is 1. The SMILES string of the molecule is CCc1ccc(OCC(=O)N[C@@H]2CC(CC)(CC)Oc3ccccc32)c(Br)c1. The molecule has 1 aliphatic heterocycles. The van der Waals surface area contributed by atoms with E-state index in [0.29, 0.717) is 5.75 Å². The molecule has 0 unspecified atom stereocenters. The van der Waals surface area contributed by atoms with Gasteiger partial charge in [-0.1, -0.05) is 45.0 Å². The van der Waals surface area contributed by atoms with Crippen LogP contribution in [0.4, 0.5) is 0 Å². The predicted molar refractivity (Wildman–Crippen MR) is 115 cm³/mol. The summed E-state index contributed by atoms with van der Waals surface area (Å²) >= 11 is 3.52. The van der Waals surface area contributed by atoms with E-state index in [2.05, 4.69) is 42.0 Å². The highest BCUT2D eigenvalue weighted by Crippen LogP contribution is 2.42. The fourth-order valence-corrected chi connectivity index (χ4v) is 4.23. The molecule has 2 aromatic carbocycles. The minimum atomic E-state index is -0.244. The van der Waals surface area contributed by atoms with Gasteiger partial charge in [-0.15, -0.1) is 0 Å². The monoisotopic (exact) mass is 445 g/mol. The zero-order chi connectivity index (χ0) is 20.1. The molecule has 0 saturated heterocycles. The fourth-order valence-electron chi connectivity index (χ4n) is 3.69. The highest BCUT2D eigenvalue weighted by molar-refractivity contribution is 9.10. The summed E-state index contributed by atoms with van der Waals surface area (Å²) in [5, 5.41) is 3.15. The molecule has 4 nitrogen and oxygen atoms in total. The predicted octanol–water partition coefficient (Wildman–Crippen LogP) is 5.59. The van der Waals surface area contributed by atoms with E-state index in [-0.39, 0.29) is 24.2 Å². The molecule has 5 heteroatoms. The molecule has 1 heterocycles. The minimum absolute atomic E-state index is 0.0190. The van der Waals surface area contributed by atoms with Gasteiger partial charge in [-0.3, -0.25) is 4.79 Å². The molecule has 0 spiro atoms. The second kappa shape index (κ2) is 8.99. The third-order valence-corrected chi connectivity index (χ3v) is 6.20. The highest BCUT2D eigenvalue weighted by Gasteiger charge is 2.38. The smallest absolute Gasteiger partial charge is 0.258 e. The molecule has 28 heavy (non-hydrogen) atoms. The number of carbonyl (C=O) groups is 1. The molecule has 1 aliphatic rings. The number of carbonyl (C=O) groups excluding carboxylic acids is 1. The van der Waals surface area contributed by atoms with Crippen LogP contribution < -0.4 is 14.8 Å². The van der Waals surface area contributed by atoms with Gasteiger partial charge in [0.15, 0.2) is 6.61 Å². The fraction of sp³-hybridized carbons (Fsp3) is 0.435. The normalized spacial score (nSPS) is 17.4. The highest BCUT2D eigenvalue weighted by atomic mass is 79.9. The van der Waals surface area contributed by atoms with Gasteiger partial charge in [-0.25, -0.2) is 0 Å². The van der Waals surface area contributed by atoms with Crippen LogP contribution in [0.2, 0.25) is 0 Å². The molecular formula is C23H28BrNO3. The van der Waals surface area contributed by atoms with Gasteiger partial charge in [0, 0.05) is 12.0 Å². The van der Waals surface area contributed by atoms with Crippen molar-refractivity contribution < 1.29 is 14.3 Å². The zero-order valence-electron chi connectivity index (χ0n) is 16.8. The Balaban J connectivity index is 1.69. The topological polar surface area (TPSA) is 47.6 Å². The third kappa shape index (κ3) is 4.52. The largest absolute Gasteiger partial charge is 0.487 e. The lowest BCUT2D eigenvalue weighted by Gasteiger charge is -2.41. The van der Waals surface area contributed by atoms with E-state index in [9.17, 15) is 4.79 Å². The molecule has 1 atom stereocenters. The van der Waals surface area contributed by atoms with Gasteiger partial charge >= 0.3 is 0 Å². The number of hydrogen-bond acceptors (Lipinski definition) is 3. The van der Waals surface area contributed by atoms with E-state index >= 15 is 0 Å². The van der Waals surface area contributed by atoms with Crippen molar-refractivity contribution in [2.24, 2.45) is 0 Å². The van der Waals surface area contributed by atoms with Crippen LogP contribution in [-0.4, -0.2) is 18.1 Å². The lowest BCUT2D eigenvalue weighted by Crippen LogP contribution is -2.45. The minimum Gasteiger partial charge on any atom is -0.487 e. The van der Waals surface area contributed by atoms with Crippen LogP contribution in [0.15, 0.2) is 46.9 Å². The first-order chi connectivity index (χ1) is 13.5. The Hall–Kier alpha value is -2.01. The Bertz CT molecular complexity index is 832. The lowest BCUT2D eigenvalue weighted by atomic mass is 9.83. The molecule has 0 saturated carbocycles. The number of rotatable bonds is 7. The Morgan fingerprint density at radius 1 is 1.21 bits per heavy atom. The van der Waals surface area contributed by atoms with Gasteiger partial charge in [-0.2, -0.15) is 0 Å². The van der Waals surface area contributed by atoms with Crippen LogP contribution in [0, 0.1) is 0 Å². The second-order valence-corrected chi connectivity index (χ2v) is 8.12. The number of hydrogen-bond donors (Lipinski definition) is 1. The summed E-state index contributed by atoms with van der Waals surface area (Å²) in [5.74, 6) is 1.41. The van der Waals surface area contributed by atoms with E-state index in [4.69, 9.17) is 9.47 Å². The van der Waals surface area contributed by atoms with Crippen molar-refractivity contribution in [3.63, 3.8) is 0 Å². The third-order valence-electron chi connectivity index (χ3n) is 5.58. The molecule has 0 aliphatic carbocycles.